The number of ether oxygens (including phenoxy) is 3. The van der Waals surface area contributed by atoms with Crippen LogP contribution in [0.5, 0.6) is 23.1 Å². The van der Waals surface area contributed by atoms with Crippen LogP contribution in [0, 0.1) is 6.92 Å². The summed E-state index contributed by atoms with van der Waals surface area (Å²) in [7, 11) is 4.81. The number of anilines is 3. The third kappa shape index (κ3) is 5.58. The molecule has 0 aliphatic rings. The van der Waals surface area contributed by atoms with Crippen LogP contribution in [0.15, 0.2) is 61.1 Å². The Balaban J connectivity index is 1.49. The van der Waals surface area contributed by atoms with E-state index in [4.69, 9.17) is 14.2 Å². The lowest BCUT2D eigenvalue weighted by Crippen LogP contribution is -2.20. The van der Waals surface area contributed by atoms with Crippen LogP contribution in [0.4, 0.5) is 22.1 Å². The molecule has 2 amide bonds. The van der Waals surface area contributed by atoms with Crippen molar-refractivity contribution in [3.63, 3.8) is 0 Å². The summed E-state index contributed by atoms with van der Waals surface area (Å²) in [5.41, 5.74) is 2.46. The molecule has 11 heteroatoms. The summed E-state index contributed by atoms with van der Waals surface area (Å²) in [6, 6.07) is 13.6. The van der Waals surface area contributed by atoms with Gasteiger partial charge in [-0.1, -0.05) is 0 Å². The van der Waals surface area contributed by atoms with Crippen LogP contribution in [0.25, 0.3) is 11.4 Å². The van der Waals surface area contributed by atoms with Gasteiger partial charge in [-0.05, 0) is 55.0 Å². The van der Waals surface area contributed by atoms with E-state index >= 15 is 0 Å². The summed E-state index contributed by atoms with van der Waals surface area (Å²) in [4.78, 5) is 29.6. The molecule has 0 bridgehead atoms. The van der Waals surface area contributed by atoms with Crippen molar-refractivity contribution in [2.45, 2.75) is 6.92 Å². The molecule has 4 aromatic rings. The topological polar surface area (TPSA) is 132 Å². The van der Waals surface area contributed by atoms with Gasteiger partial charge in [0.25, 0.3) is 0 Å². The molecular weight excluding hydrogens is 462 g/mol. The number of urea groups is 1. The number of methoxy groups -OCH3 is 2. The second-order valence-electron chi connectivity index (χ2n) is 7.47. The summed E-state index contributed by atoms with van der Waals surface area (Å²) in [5, 5.41) is 8.47. The molecule has 0 unspecified atom stereocenters. The highest BCUT2D eigenvalue weighted by molar-refractivity contribution is 6.01. The predicted octanol–water partition coefficient (Wildman–Crippen LogP) is 4.74. The van der Waals surface area contributed by atoms with E-state index in [1.807, 2.05) is 13.0 Å². The smallest absolute Gasteiger partial charge is 0.323 e. The molecule has 0 aliphatic carbocycles. The molecule has 0 aliphatic heterocycles. The third-order valence-corrected chi connectivity index (χ3v) is 5.10. The fourth-order valence-electron chi connectivity index (χ4n) is 3.33. The van der Waals surface area contributed by atoms with Gasteiger partial charge in [0.15, 0.2) is 5.82 Å². The average Bonchev–Trinajstić information content (AvgIpc) is 2.90. The van der Waals surface area contributed by atoms with Crippen molar-refractivity contribution in [2.75, 3.05) is 37.2 Å². The monoisotopic (exact) mass is 487 g/mol. The lowest BCUT2D eigenvalue weighted by Gasteiger charge is -2.14. The number of hydrogen-bond acceptors (Lipinski definition) is 9. The average molecular weight is 488 g/mol. The quantitative estimate of drug-likeness (QED) is 0.322. The molecule has 2 aromatic heterocycles. The van der Waals surface area contributed by atoms with Gasteiger partial charge in [-0.2, -0.15) is 4.98 Å². The molecular formula is C25H25N7O4. The van der Waals surface area contributed by atoms with E-state index in [-0.39, 0.29) is 0 Å². The fraction of sp³-hybridized carbons (Fsp3) is 0.160. The molecule has 184 valence electrons. The molecule has 4 rings (SSSR count). The number of aryl methyl sites for hydroxylation is 1. The van der Waals surface area contributed by atoms with E-state index in [2.05, 4.69) is 35.9 Å². The Kier molecular flexibility index (Phi) is 7.39. The number of carbonyl (C=O) groups excluding carboxylic acids is 1. The van der Waals surface area contributed by atoms with Crippen molar-refractivity contribution in [3.8, 4) is 34.5 Å². The summed E-state index contributed by atoms with van der Waals surface area (Å²) in [6.07, 6.45) is 3.05. The van der Waals surface area contributed by atoms with Crippen LogP contribution < -0.4 is 30.2 Å². The van der Waals surface area contributed by atoms with Gasteiger partial charge in [0.05, 0.1) is 25.5 Å². The first-order valence-corrected chi connectivity index (χ1v) is 10.9. The van der Waals surface area contributed by atoms with Crippen LogP contribution in [0.2, 0.25) is 0 Å². The van der Waals surface area contributed by atoms with Gasteiger partial charge in [-0.3, -0.25) is 0 Å². The van der Waals surface area contributed by atoms with Crippen LogP contribution in [-0.4, -0.2) is 47.2 Å². The van der Waals surface area contributed by atoms with Crippen molar-refractivity contribution in [1.29, 1.82) is 0 Å². The summed E-state index contributed by atoms with van der Waals surface area (Å²) < 4.78 is 16.6. The number of nitrogens with one attached hydrogen (secondary N) is 3. The third-order valence-electron chi connectivity index (χ3n) is 5.10. The van der Waals surface area contributed by atoms with Crippen molar-refractivity contribution < 1.29 is 19.0 Å². The molecule has 0 saturated heterocycles. The Hall–Kier alpha value is -4.93. The summed E-state index contributed by atoms with van der Waals surface area (Å²) >= 11 is 0. The van der Waals surface area contributed by atoms with Crippen LogP contribution in [0.3, 0.4) is 0 Å². The van der Waals surface area contributed by atoms with E-state index in [1.54, 1.807) is 62.8 Å². The van der Waals surface area contributed by atoms with Crippen molar-refractivity contribution in [2.24, 2.45) is 0 Å². The Morgan fingerprint density at radius 3 is 2.50 bits per heavy atom. The van der Waals surface area contributed by atoms with Crippen molar-refractivity contribution in [1.82, 2.24) is 19.9 Å². The zero-order chi connectivity index (χ0) is 25.5. The zero-order valence-corrected chi connectivity index (χ0v) is 20.2. The molecule has 11 nitrogen and oxygen atoms in total. The highest BCUT2D eigenvalue weighted by atomic mass is 16.5. The minimum Gasteiger partial charge on any atom is -0.497 e. The molecule has 3 N–H and O–H groups in total. The molecule has 0 spiro atoms. The van der Waals surface area contributed by atoms with Crippen LogP contribution in [0.1, 0.15) is 5.56 Å². The van der Waals surface area contributed by atoms with Gasteiger partial charge in [0, 0.05) is 25.0 Å². The number of benzene rings is 2. The van der Waals surface area contributed by atoms with Gasteiger partial charge >= 0.3 is 6.03 Å². The van der Waals surface area contributed by atoms with E-state index in [9.17, 15) is 4.79 Å². The van der Waals surface area contributed by atoms with Gasteiger partial charge in [0.1, 0.15) is 23.6 Å². The normalized spacial score (nSPS) is 10.3. The van der Waals surface area contributed by atoms with E-state index < -0.39 is 6.03 Å². The maximum Gasteiger partial charge on any atom is 0.323 e. The highest BCUT2D eigenvalue weighted by Gasteiger charge is 2.14. The Labute approximate surface area is 207 Å². The zero-order valence-electron chi connectivity index (χ0n) is 20.2. The van der Waals surface area contributed by atoms with Gasteiger partial charge in [0.2, 0.25) is 11.8 Å². The first-order valence-electron chi connectivity index (χ1n) is 10.9. The summed E-state index contributed by atoms with van der Waals surface area (Å²) in [6.45, 7) is 1.87. The summed E-state index contributed by atoms with van der Waals surface area (Å²) in [5.74, 6) is 2.88. The van der Waals surface area contributed by atoms with Crippen molar-refractivity contribution in [3.05, 3.63) is 66.6 Å². The Morgan fingerprint density at radius 2 is 1.75 bits per heavy atom. The Morgan fingerprint density at radius 1 is 0.917 bits per heavy atom. The van der Waals surface area contributed by atoms with Crippen molar-refractivity contribution >= 4 is 23.4 Å². The van der Waals surface area contributed by atoms with Gasteiger partial charge in [-0.15, -0.1) is 0 Å². The molecule has 0 radical (unpaired) electrons. The number of aromatic nitrogens is 4. The minimum absolute atomic E-state index is 0.345. The van der Waals surface area contributed by atoms with Crippen LogP contribution >= 0.6 is 0 Å². The molecule has 2 aromatic carbocycles. The number of pyridine rings is 1. The lowest BCUT2D eigenvalue weighted by atomic mass is 10.2. The molecule has 0 atom stereocenters. The molecule has 0 fully saturated rings. The maximum absolute atomic E-state index is 12.6. The maximum atomic E-state index is 12.6. The van der Waals surface area contributed by atoms with Gasteiger partial charge in [-0.25, -0.2) is 19.7 Å². The van der Waals surface area contributed by atoms with Crippen LogP contribution in [-0.2, 0) is 0 Å². The molecule has 2 heterocycles. The number of carbonyl (C=O) groups is 1. The van der Waals surface area contributed by atoms with Gasteiger partial charge < -0.3 is 30.2 Å². The van der Waals surface area contributed by atoms with E-state index in [1.165, 1.54) is 13.4 Å². The van der Waals surface area contributed by atoms with E-state index in [0.29, 0.717) is 51.8 Å². The first kappa shape index (κ1) is 24.2. The predicted molar refractivity (Wildman–Crippen MR) is 136 cm³/mol. The molecule has 36 heavy (non-hydrogen) atoms. The fourth-order valence-corrected chi connectivity index (χ4v) is 3.33. The second-order valence-corrected chi connectivity index (χ2v) is 7.47. The molecule has 0 saturated carbocycles. The standard InChI is InChI=1S/C25H25N7O4/c1-15-12-16(30-25(33)31-19-13-17(34-3)8-10-21(19)35-4)7-9-20(15)36-23-18(6-5-11-27-23)22-28-14-29-24(26-2)32-22/h5-14H,1-4H3,(H2,30,31,33)(H,26,28,29,32). The number of rotatable bonds is 8. The minimum atomic E-state index is -0.434. The second kappa shape index (κ2) is 11.0. The number of hydrogen-bond donors (Lipinski definition) is 3. The Bertz CT molecular complexity index is 1380. The number of nitrogens with zero attached hydrogens (tertiary/aromatic N) is 4. The first-order chi connectivity index (χ1) is 17.5. The van der Waals surface area contributed by atoms with E-state index in [0.717, 1.165) is 5.56 Å². The lowest BCUT2D eigenvalue weighted by molar-refractivity contribution is 0.262. The highest BCUT2D eigenvalue weighted by Crippen LogP contribution is 2.32. The SMILES string of the molecule is CNc1ncnc(-c2cccnc2Oc2ccc(NC(=O)Nc3cc(OC)ccc3OC)cc2C)n1. The number of amides is 2. The largest absolute Gasteiger partial charge is 0.497 e.